The molecule has 0 aromatic heterocycles. The number of likely N-dealkylation sites (tertiary alicyclic amines) is 1. The highest BCUT2D eigenvalue weighted by atomic mass is 35.5. The quantitative estimate of drug-likeness (QED) is 0.780. The zero-order valence-corrected chi connectivity index (χ0v) is 11.4. The number of nitrogens with zero attached hydrogens (tertiary/aromatic N) is 1. The van der Waals surface area contributed by atoms with Crippen LogP contribution in [0.3, 0.4) is 0 Å². The minimum Gasteiger partial charge on any atom is -0.354 e. The van der Waals surface area contributed by atoms with Crippen LogP contribution < -0.4 is 10.6 Å². The highest BCUT2D eigenvalue weighted by Crippen LogP contribution is 2.16. The predicted octanol–water partition coefficient (Wildman–Crippen LogP) is 0.618. The van der Waals surface area contributed by atoms with Crippen LogP contribution in [0.25, 0.3) is 0 Å². The first-order valence-electron chi connectivity index (χ1n) is 6.53. The molecular weight excluding hydrogens is 238 g/mol. The molecule has 0 bridgehead atoms. The number of piperidine rings is 1. The summed E-state index contributed by atoms with van der Waals surface area (Å²) in [5.74, 6) is 0.457. The molecule has 2 fully saturated rings. The van der Waals surface area contributed by atoms with Gasteiger partial charge in [0.25, 0.3) is 0 Å². The molecule has 0 aromatic carbocycles. The molecule has 1 unspecified atom stereocenters. The van der Waals surface area contributed by atoms with Gasteiger partial charge in [0.1, 0.15) is 0 Å². The van der Waals surface area contributed by atoms with Crippen molar-refractivity contribution in [2.24, 2.45) is 5.92 Å². The topological polar surface area (TPSA) is 44.4 Å². The van der Waals surface area contributed by atoms with Gasteiger partial charge in [0.15, 0.2) is 0 Å². The summed E-state index contributed by atoms with van der Waals surface area (Å²) in [4.78, 5) is 14.2. The first-order chi connectivity index (χ1) is 7.81. The maximum absolute atomic E-state index is 11.7. The highest BCUT2D eigenvalue weighted by Gasteiger charge is 2.26. The molecule has 2 aliphatic heterocycles. The molecule has 0 spiro atoms. The lowest BCUT2D eigenvalue weighted by atomic mass is 10.0. The number of halogens is 1. The number of rotatable bonds is 4. The molecule has 0 aromatic rings. The molecule has 1 atom stereocenters. The van der Waals surface area contributed by atoms with Gasteiger partial charge in [0, 0.05) is 25.7 Å². The summed E-state index contributed by atoms with van der Waals surface area (Å²) < 4.78 is 0. The zero-order valence-electron chi connectivity index (χ0n) is 10.6. The first-order valence-corrected chi connectivity index (χ1v) is 6.53. The molecule has 1 amide bonds. The normalized spacial score (nSPS) is 25.8. The minimum atomic E-state index is 0. The molecule has 0 radical (unpaired) electrons. The van der Waals surface area contributed by atoms with E-state index < -0.39 is 0 Å². The van der Waals surface area contributed by atoms with E-state index in [2.05, 4.69) is 22.5 Å². The number of hydrogen-bond donors (Lipinski definition) is 2. The summed E-state index contributed by atoms with van der Waals surface area (Å²) in [7, 11) is 0. The van der Waals surface area contributed by atoms with Gasteiger partial charge in [-0.1, -0.05) is 13.3 Å². The first kappa shape index (κ1) is 14.7. The Bertz CT molecular complexity index is 246. The molecule has 0 saturated carbocycles. The van der Waals surface area contributed by atoms with Crippen LogP contribution in [0.5, 0.6) is 0 Å². The summed E-state index contributed by atoms with van der Waals surface area (Å²) in [6.45, 7) is 7.05. The lowest BCUT2D eigenvalue weighted by molar-refractivity contribution is -0.126. The Kier molecular flexibility index (Phi) is 6.23. The largest absolute Gasteiger partial charge is 0.354 e. The van der Waals surface area contributed by atoms with Gasteiger partial charge in [-0.05, 0) is 25.9 Å². The molecular formula is C12H24ClN3O. The van der Waals surface area contributed by atoms with Crippen LogP contribution in [-0.4, -0.2) is 49.6 Å². The third kappa shape index (κ3) is 3.83. The summed E-state index contributed by atoms with van der Waals surface area (Å²) in [5.41, 5.74) is 0. The SMILES string of the molecule is CCN1CCCCC1CNC(=O)C1CNC1.Cl. The standard InChI is InChI=1S/C12H23N3O.ClH/c1-2-15-6-4-3-5-11(15)9-14-12(16)10-7-13-8-10;/h10-11,13H,2-9H2,1H3,(H,14,16);1H. The molecule has 5 heteroatoms. The van der Waals surface area contributed by atoms with Gasteiger partial charge >= 0.3 is 0 Å². The lowest BCUT2D eigenvalue weighted by Gasteiger charge is -2.35. The second kappa shape index (κ2) is 7.19. The molecule has 4 nitrogen and oxygen atoms in total. The van der Waals surface area contributed by atoms with Crippen molar-refractivity contribution >= 4 is 18.3 Å². The second-order valence-corrected chi connectivity index (χ2v) is 4.88. The number of likely N-dealkylation sites (N-methyl/N-ethyl adjacent to an activating group) is 1. The molecule has 2 aliphatic rings. The fourth-order valence-electron chi connectivity index (χ4n) is 2.54. The Morgan fingerprint density at radius 3 is 2.76 bits per heavy atom. The fraction of sp³-hybridized carbons (Fsp3) is 0.917. The van der Waals surface area contributed by atoms with Gasteiger partial charge in [-0.3, -0.25) is 9.69 Å². The number of nitrogens with one attached hydrogen (secondary N) is 2. The zero-order chi connectivity index (χ0) is 11.4. The van der Waals surface area contributed by atoms with E-state index in [0.29, 0.717) is 6.04 Å². The average molecular weight is 262 g/mol. The Labute approximate surface area is 110 Å². The Morgan fingerprint density at radius 1 is 1.41 bits per heavy atom. The molecule has 0 aliphatic carbocycles. The summed E-state index contributed by atoms with van der Waals surface area (Å²) in [6, 6.07) is 0.565. The van der Waals surface area contributed by atoms with Gasteiger partial charge < -0.3 is 10.6 Å². The van der Waals surface area contributed by atoms with Crippen LogP contribution in [-0.2, 0) is 4.79 Å². The molecule has 100 valence electrons. The van der Waals surface area contributed by atoms with Crippen molar-refractivity contribution in [2.75, 3.05) is 32.7 Å². The van der Waals surface area contributed by atoms with Crippen molar-refractivity contribution in [2.45, 2.75) is 32.2 Å². The van der Waals surface area contributed by atoms with Gasteiger partial charge in [0.2, 0.25) is 5.91 Å². The van der Waals surface area contributed by atoms with E-state index in [9.17, 15) is 4.79 Å². The Balaban J connectivity index is 0.00000144. The van der Waals surface area contributed by atoms with E-state index in [4.69, 9.17) is 0 Å². The van der Waals surface area contributed by atoms with Gasteiger partial charge in [0.05, 0.1) is 5.92 Å². The van der Waals surface area contributed by atoms with E-state index >= 15 is 0 Å². The smallest absolute Gasteiger partial charge is 0.225 e. The van der Waals surface area contributed by atoms with Crippen molar-refractivity contribution < 1.29 is 4.79 Å². The summed E-state index contributed by atoms with van der Waals surface area (Å²) in [5, 5.41) is 6.23. The molecule has 2 saturated heterocycles. The molecule has 2 rings (SSSR count). The maximum atomic E-state index is 11.7. The van der Waals surface area contributed by atoms with Gasteiger partial charge in [-0.25, -0.2) is 0 Å². The Hall–Kier alpha value is -0.320. The average Bonchev–Trinajstić information content (AvgIpc) is 2.24. The third-order valence-corrected chi connectivity index (χ3v) is 3.82. The van der Waals surface area contributed by atoms with Crippen LogP contribution in [0.2, 0.25) is 0 Å². The van der Waals surface area contributed by atoms with Crippen molar-refractivity contribution in [3.8, 4) is 0 Å². The second-order valence-electron chi connectivity index (χ2n) is 4.88. The van der Waals surface area contributed by atoms with Gasteiger partial charge in [-0.2, -0.15) is 0 Å². The minimum absolute atomic E-state index is 0. The summed E-state index contributed by atoms with van der Waals surface area (Å²) in [6.07, 6.45) is 3.85. The van der Waals surface area contributed by atoms with Crippen LogP contribution in [0.4, 0.5) is 0 Å². The van der Waals surface area contributed by atoms with Crippen molar-refractivity contribution in [1.82, 2.24) is 15.5 Å². The highest BCUT2D eigenvalue weighted by molar-refractivity contribution is 5.85. The number of carbonyl (C=O) groups excluding carboxylic acids is 1. The van der Waals surface area contributed by atoms with E-state index in [-0.39, 0.29) is 24.2 Å². The maximum Gasteiger partial charge on any atom is 0.225 e. The van der Waals surface area contributed by atoms with E-state index in [1.807, 2.05) is 0 Å². The number of amides is 1. The predicted molar refractivity (Wildman–Crippen MR) is 71.5 cm³/mol. The van der Waals surface area contributed by atoms with Crippen LogP contribution in [0.1, 0.15) is 26.2 Å². The lowest BCUT2D eigenvalue weighted by Crippen LogP contribution is -2.53. The molecule has 17 heavy (non-hydrogen) atoms. The Morgan fingerprint density at radius 2 is 2.18 bits per heavy atom. The van der Waals surface area contributed by atoms with Crippen LogP contribution >= 0.6 is 12.4 Å². The third-order valence-electron chi connectivity index (χ3n) is 3.82. The molecule has 2 heterocycles. The van der Waals surface area contributed by atoms with Gasteiger partial charge in [-0.15, -0.1) is 12.4 Å². The molecule has 2 N–H and O–H groups in total. The van der Waals surface area contributed by atoms with E-state index in [0.717, 1.165) is 26.2 Å². The number of hydrogen-bond acceptors (Lipinski definition) is 3. The van der Waals surface area contributed by atoms with Crippen LogP contribution in [0, 0.1) is 5.92 Å². The van der Waals surface area contributed by atoms with E-state index in [1.165, 1.54) is 25.8 Å². The van der Waals surface area contributed by atoms with Crippen molar-refractivity contribution in [1.29, 1.82) is 0 Å². The van der Waals surface area contributed by atoms with Crippen molar-refractivity contribution in [3.05, 3.63) is 0 Å². The number of carbonyl (C=O) groups is 1. The fourth-order valence-corrected chi connectivity index (χ4v) is 2.54. The van der Waals surface area contributed by atoms with E-state index in [1.54, 1.807) is 0 Å². The monoisotopic (exact) mass is 261 g/mol. The van der Waals surface area contributed by atoms with Crippen LogP contribution in [0.15, 0.2) is 0 Å². The van der Waals surface area contributed by atoms with Crippen molar-refractivity contribution in [3.63, 3.8) is 0 Å². The summed E-state index contributed by atoms with van der Waals surface area (Å²) >= 11 is 0.